The number of methoxy groups -OCH3 is 1. The molecule has 1 amide bonds. The van der Waals surface area contributed by atoms with Gasteiger partial charge in [0.1, 0.15) is 4.60 Å². The molecule has 0 aromatic carbocycles. The van der Waals surface area contributed by atoms with Gasteiger partial charge in [0.2, 0.25) is 0 Å². The molecule has 1 heterocycles. The molecule has 0 saturated carbocycles. The Hall–Kier alpha value is -1.41. The smallest absolute Gasteiger partial charge is 0.387 e. The lowest BCUT2D eigenvalue weighted by Gasteiger charge is -2.06. The monoisotopic (exact) mass is 304 g/mol. The number of carbonyl (C=O) groups excluding carboxylic acids is 1. The number of aromatic nitrogens is 2. The number of nitrogens with one attached hydrogen (secondary N) is 1. The van der Waals surface area contributed by atoms with E-state index in [4.69, 9.17) is 15.2 Å². The number of nitrogen functional groups attached to an aromatic ring is 1. The highest BCUT2D eigenvalue weighted by molar-refractivity contribution is 9.10. The van der Waals surface area contributed by atoms with Crippen LogP contribution in [0.25, 0.3) is 0 Å². The molecule has 0 aliphatic heterocycles. The number of rotatable bonds is 5. The Balaban J connectivity index is 2.42. The quantitative estimate of drug-likeness (QED) is 0.786. The standard InChI is InChI=1S/C9H13BrN4O3/c1-16-4-2-3-12-9(15)17-8-7(11)13-5-6(10)14-8/h5H,2-4H2,1H3,(H2,11,13)(H,12,15). The minimum atomic E-state index is -0.625. The van der Waals surface area contributed by atoms with Crippen LogP contribution in [0.15, 0.2) is 10.8 Å². The molecule has 1 aromatic rings. The Labute approximate surface area is 107 Å². The van der Waals surface area contributed by atoms with Gasteiger partial charge in [-0.1, -0.05) is 0 Å². The number of amides is 1. The van der Waals surface area contributed by atoms with E-state index in [1.807, 2.05) is 0 Å². The van der Waals surface area contributed by atoms with Crippen molar-refractivity contribution in [1.82, 2.24) is 15.3 Å². The van der Waals surface area contributed by atoms with Gasteiger partial charge in [0.25, 0.3) is 5.88 Å². The summed E-state index contributed by atoms with van der Waals surface area (Å²) >= 11 is 3.10. The van der Waals surface area contributed by atoms with E-state index in [-0.39, 0.29) is 11.7 Å². The van der Waals surface area contributed by atoms with Gasteiger partial charge in [0.15, 0.2) is 5.82 Å². The summed E-state index contributed by atoms with van der Waals surface area (Å²) in [5.74, 6) is 0.0314. The SMILES string of the molecule is COCCCNC(=O)Oc1nc(Br)cnc1N. The van der Waals surface area contributed by atoms with Crippen LogP contribution in [0.3, 0.4) is 0 Å². The third-order valence-corrected chi connectivity index (χ3v) is 2.10. The molecule has 8 heteroatoms. The van der Waals surface area contributed by atoms with Crippen LogP contribution >= 0.6 is 15.9 Å². The number of halogens is 1. The molecule has 0 radical (unpaired) electrons. The van der Waals surface area contributed by atoms with Gasteiger partial charge in [-0.25, -0.2) is 14.8 Å². The van der Waals surface area contributed by atoms with Crippen LogP contribution in [-0.2, 0) is 4.74 Å². The zero-order valence-electron chi connectivity index (χ0n) is 9.27. The van der Waals surface area contributed by atoms with Gasteiger partial charge >= 0.3 is 6.09 Å². The molecule has 0 bridgehead atoms. The van der Waals surface area contributed by atoms with Gasteiger partial charge in [0.05, 0.1) is 6.20 Å². The second kappa shape index (κ2) is 7.02. The summed E-state index contributed by atoms with van der Waals surface area (Å²) in [4.78, 5) is 19.0. The van der Waals surface area contributed by atoms with Gasteiger partial charge < -0.3 is 20.5 Å². The molecular weight excluding hydrogens is 292 g/mol. The summed E-state index contributed by atoms with van der Waals surface area (Å²) in [5, 5.41) is 2.53. The first-order valence-electron chi connectivity index (χ1n) is 4.86. The lowest BCUT2D eigenvalue weighted by Crippen LogP contribution is -2.29. The average molecular weight is 305 g/mol. The molecule has 0 aliphatic carbocycles. The van der Waals surface area contributed by atoms with Gasteiger partial charge in [-0.15, -0.1) is 0 Å². The number of carbonyl (C=O) groups is 1. The zero-order chi connectivity index (χ0) is 12.7. The predicted molar refractivity (Wildman–Crippen MR) is 64.7 cm³/mol. The summed E-state index contributed by atoms with van der Waals surface area (Å²) < 4.78 is 10.2. The van der Waals surface area contributed by atoms with Crippen LogP contribution < -0.4 is 15.8 Å². The van der Waals surface area contributed by atoms with Crippen molar-refractivity contribution in [3.8, 4) is 5.88 Å². The van der Waals surface area contributed by atoms with Crippen molar-refractivity contribution in [2.75, 3.05) is 26.0 Å². The van der Waals surface area contributed by atoms with E-state index in [1.165, 1.54) is 6.20 Å². The first-order valence-corrected chi connectivity index (χ1v) is 5.65. The Kier molecular flexibility index (Phi) is 5.64. The normalized spacial score (nSPS) is 10.0. The number of anilines is 1. The summed E-state index contributed by atoms with van der Waals surface area (Å²) in [5.41, 5.74) is 5.49. The molecule has 0 spiro atoms. The van der Waals surface area contributed by atoms with Crippen molar-refractivity contribution in [2.45, 2.75) is 6.42 Å². The maximum Gasteiger partial charge on any atom is 0.414 e. The van der Waals surface area contributed by atoms with E-state index in [9.17, 15) is 4.79 Å². The molecule has 0 atom stereocenters. The van der Waals surface area contributed by atoms with Gasteiger partial charge in [-0.2, -0.15) is 0 Å². The Morgan fingerprint density at radius 3 is 3.12 bits per heavy atom. The summed E-state index contributed by atoms with van der Waals surface area (Å²) in [7, 11) is 1.59. The Morgan fingerprint density at radius 1 is 1.65 bits per heavy atom. The number of ether oxygens (including phenoxy) is 2. The molecule has 7 nitrogen and oxygen atoms in total. The van der Waals surface area contributed by atoms with Gasteiger partial charge in [-0.05, 0) is 22.4 Å². The van der Waals surface area contributed by atoms with Crippen molar-refractivity contribution in [3.05, 3.63) is 10.8 Å². The molecule has 94 valence electrons. The number of hydrogen-bond donors (Lipinski definition) is 2. The fourth-order valence-corrected chi connectivity index (χ4v) is 1.23. The summed E-state index contributed by atoms with van der Waals surface area (Å²) in [6.45, 7) is 1.02. The van der Waals surface area contributed by atoms with Crippen molar-refractivity contribution < 1.29 is 14.3 Å². The molecule has 1 aromatic heterocycles. The maximum absolute atomic E-state index is 11.3. The summed E-state index contributed by atoms with van der Waals surface area (Å²) in [6, 6.07) is 0. The van der Waals surface area contributed by atoms with Crippen LogP contribution in [-0.4, -0.2) is 36.3 Å². The van der Waals surface area contributed by atoms with E-state index >= 15 is 0 Å². The highest BCUT2D eigenvalue weighted by atomic mass is 79.9. The van der Waals surface area contributed by atoms with Crippen molar-refractivity contribution in [3.63, 3.8) is 0 Å². The first kappa shape index (κ1) is 13.7. The molecular formula is C9H13BrN4O3. The lowest BCUT2D eigenvalue weighted by molar-refractivity contribution is 0.185. The third kappa shape index (κ3) is 4.96. The fourth-order valence-electron chi connectivity index (χ4n) is 0.967. The fraction of sp³-hybridized carbons (Fsp3) is 0.444. The number of hydrogen-bond acceptors (Lipinski definition) is 6. The molecule has 0 unspecified atom stereocenters. The van der Waals surface area contributed by atoms with Crippen LogP contribution in [0.4, 0.5) is 10.6 Å². The second-order valence-electron chi connectivity index (χ2n) is 3.05. The summed E-state index contributed by atoms with van der Waals surface area (Å²) in [6.07, 6.45) is 1.49. The van der Waals surface area contributed by atoms with Crippen LogP contribution in [0.2, 0.25) is 0 Å². The number of nitrogens with two attached hydrogens (primary N) is 1. The largest absolute Gasteiger partial charge is 0.414 e. The highest BCUT2D eigenvalue weighted by Crippen LogP contribution is 2.17. The Bertz CT molecular complexity index is 389. The van der Waals surface area contributed by atoms with Crippen molar-refractivity contribution >= 4 is 27.8 Å². The minimum Gasteiger partial charge on any atom is -0.387 e. The van der Waals surface area contributed by atoms with Gasteiger partial charge in [-0.3, -0.25) is 0 Å². The molecule has 17 heavy (non-hydrogen) atoms. The van der Waals surface area contributed by atoms with E-state index in [0.29, 0.717) is 24.2 Å². The molecule has 1 rings (SSSR count). The lowest BCUT2D eigenvalue weighted by atomic mass is 10.4. The van der Waals surface area contributed by atoms with Crippen molar-refractivity contribution in [2.24, 2.45) is 0 Å². The molecule has 0 aliphatic rings. The van der Waals surface area contributed by atoms with Gasteiger partial charge in [0, 0.05) is 20.3 Å². The van der Waals surface area contributed by atoms with E-state index in [2.05, 4.69) is 31.2 Å². The van der Waals surface area contributed by atoms with Crippen LogP contribution in [0.1, 0.15) is 6.42 Å². The third-order valence-electron chi connectivity index (χ3n) is 1.72. The molecule has 0 fully saturated rings. The predicted octanol–water partition coefficient (Wildman–Crippen LogP) is 0.946. The highest BCUT2D eigenvalue weighted by Gasteiger charge is 2.10. The van der Waals surface area contributed by atoms with Crippen LogP contribution in [0, 0.1) is 0 Å². The van der Waals surface area contributed by atoms with Crippen LogP contribution in [0.5, 0.6) is 5.88 Å². The zero-order valence-corrected chi connectivity index (χ0v) is 10.9. The number of nitrogens with zero attached hydrogens (tertiary/aromatic N) is 2. The van der Waals surface area contributed by atoms with Crippen molar-refractivity contribution in [1.29, 1.82) is 0 Å². The average Bonchev–Trinajstić information content (AvgIpc) is 2.29. The minimum absolute atomic E-state index is 0.0244. The maximum atomic E-state index is 11.3. The Morgan fingerprint density at radius 2 is 2.41 bits per heavy atom. The first-order chi connectivity index (χ1) is 8.13. The van der Waals surface area contributed by atoms with E-state index in [0.717, 1.165) is 0 Å². The van der Waals surface area contributed by atoms with E-state index < -0.39 is 6.09 Å². The van der Waals surface area contributed by atoms with E-state index in [1.54, 1.807) is 7.11 Å². The second-order valence-corrected chi connectivity index (χ2v) is 3.86. The topological polar surface area (TPSA) is 99.4 Å². The molecule has 3 N–H and O–H groups in total. The molecule has 0 saturated heterocycles.